The molecule has 0 heterocycles. The maximum atomic E-state index is 11.1. The molecular formula is C14H20N2O4. The Morgan fingerprint density at radius 3 is 2.45 bits per heavy atom. The molecule has 20 heavy (non-hydrogen) atoms. The standard InChI is InChI=1S/C14H20N2O4/c1-11(18)15-13(14(19)20)10-16(7-8-17)9-12-5-3-2-4-6-12/h2-6,13,17H,7-10H2,1H3,(H,15,18)(H,19,20). The molecule has 1 rings (SSSR count). The van der Waals surface area contributed by atoms with E-state index in [1.165, 1.54) is 6.92 Å². The number of carbonyl (C=O) groups excluding carboxylic acids is 1. The first kappa shape index (κ1) is 16.1. The number of benzene rings is 1. The largest absolute Gasteiger partial charge is 0.480 e. The number of carboxylic acid groups (broad SMARTS) is 1. The average molecular weight is 280 g/mol. The van der Waals surface area contributed by atoms with Gasteiger partial charge >= 0.3 is 5.97 Å². The molecule has 0 radical (unpaired) electrons. The van der Waals surface area contributed by atoms with Crippen LogP contribution in [0, 0.1) is 0 Å². The lowest BCUT2D eigenvalue weighted by molar-refractivity contribution is -0.142. The number of nitrogens with zero attached hydrogens (tertiary/aromatic N) is 1. The van der Waals surface area contributed by atoms with Crippen molar-refractivity contribution in [1.82, 2.24) is 10.2 Å². The number of hydrogen-bond donors (Lipinski definition) is 3. The Kier molecular flexibility index (Phi) is 6.69. The third-order valence-corrected chi connectivity index (χ3v) is 2.78. The second-order valence-corrected chi connectivity index (χ2v) is 4.54. The van der Waals surface area contributed by atoms with Crippen LogP contribution in [0.3, 0.4) is 0 Å². The molecular weight excluding hydrogens is 260 g/mol. The summed E-state index contributed by atoms with van der Waals surface area (Å²) in [5.74, 6) is -1.47. The predicted octanol–water partition coefficient (Wildman–Crippen LogP) is 0.0702. The molecule has 0 aliphatic rings. The number of aliphatic carboxylic acids is 1. The summed E-state index contributed by atoms with van der Waals surface area (Å²) in [6.45, 7) is 2.22. The van der Waals surface area contributed by atoms with E-state index in [4.69, 9.17) is 10.2 Å². The van der Waals surface area contributed by atoms with Gasteiger partial charge in [0.1, 0.15) is 6.04 Å². The molecule has 1 amide bonds. The van der Waals surface area contributed by atoms with Crippen LogP contribution in [-0.2, 0) is 16.1 Å². The summed E-state index contributed by atoms with van der Waals surface area (Å²) in [5.41, 5.74) is 1.02. The molecule has 6 heteroatoms. The highest BCUT2D eigenvalue weighted by atomic mass is 16.4. The Labute approximate surface area is 118 Å². The molecule has 1 aromatic carbocycles. The third-order valence-electron chi connectivity index (χ3n) is 2.78. The summed E-state index contributed by atoms with van der Waals surface area (Å²) in [7, 11) is 0. The van der Waals surface area contributed by atoms with Crippen LogP contribution in [-0.4, -0.2) is 52.7 Å². The molecule has 0 fully saturated rings. The SMILES string of the molecule is CC(=O)NC(CN(CCO)Cc1ccccc1)C(=O)O. The van der Waals surface area contributed by atoms with Gasteiger partial charge in [-0.3, -0.25) is 9.69 Å². The fourth-order valence-electron chi connectivity index (χ4n) is 1.91. The van der Waals surface area contributed by atoms with Gasteiger partial charge in [0.15, 0.2) is 0 Å². The number of amides is 1. The van der Waals surface area contributed by atoms with Crippen molar-refractivity contribution in [3.8, 4) is 0 Å². The molecule has 3 N–H and O–H groups in total. The molecule has 6 nitrogen and oxygen atoms in total. The van der Waals surface area contributed by atoms with Crippen molar-refractivity contribution in [2.75, 3.05) is 19.7 Å². The molecule has 0 saturated heterocycles. The molecule has 110 valence electrons. The first-order valence-corrected chi connectivity index (χ1v) is 6.40. The van der Waals surface area contributed by atoms with Gasteiger partial charge in [0.05, 0.1) is 6.61 Å². The van der Waals surface area contributed by atoms with Crippen molar-refractivity contribution in [2.24, 2.45) is 0 Å². The second-order valence-electron chi connectivity index (χ2n) is 4.54. The normalized spacial score (nSPS) is 12.2. The molecule has 1 unspecified atom stereocenters. The van der Waals surface area contributed by atoms with E-state index in [9.17, 15) is 9.59 Å². The van der Waals surface area contributed by atoms with E-state index in [2.05, 4.69) is 5.32 Å². The minimum Gasteiger partial charge on any atom is -0.480 e. The minimum absolute atomic E-state index is 0.0702. The Bertz CT molecular complexity index is 436. The molecule has 0 aliphatic heterocycles. The summed E-state index contributed by atoms with van der Waals surface area (Å²) >= 11 is 0. The lowest BCUT2D eigenvalue weighted by Gasteiger charge is -2.25. The number of aliphatic hydroxyl groups is 1. The number of aliphatic hydroxyl groups excluding tert-OH is 1. The highest BCUT2D eigenvalue weighted by Crippen LogP contribution is 2.05. The van der Waals surface area contributed by atoms with Gasteiger partial charge in [0.2, 0.25) is 5.91 Å². The van der Waals surface area contributed by atoms with Crippen molar-refractivity contribution < 1.29 is 19.8 Å². The van der Waals surface area contributed by atoms with E-state index in [0.29, 0.717) is 13.1 Å². The third kappa shape index (κ3) is 5.81. The maximum Gasteiger partial charge on any atom is 0.327 e. The van der Waals surface area contributed by atoms with Crippen LogP contribution in [0.2, 0.25) is 0 Å². The van der Waals surface area contributed by atoms with Gasteiger partial charge < -0.3 is 15.5 Å². The fraction of sp³-hybridized carbons (Fsp3) is 0.429. The number of carboxylic acids is 1. The molecule has 0 aromatic heterocycles. The Hall–Kier alpha value is -1.92. The van der Waals surface area contributed by atoms with Crippen molar-refractivity contribution in [1.29, 1.82) is 0 Å². The topological polar surface area (TPSA) is 89.9 Å². The van der Waals surface area contributed by atoms with Crippen LogP contribution in [0.5, 0.6) is 0 Å². The predicted molar refractivity (Wildman–Crippen MR) is 74.0 cm³/mol. The van der Waals surface area contributed by atoms with Crippen LogP contribution in [0.4, 0.5) is 0 Å². The van der Waals surface area contributed by atoms with Crippen LogP contribution < -0.4 is 5.32 Å². The van der Waals surface area contributed by atoms with E-state index < -0.39 is 12.0 Å². The number of rotatable bonds is 8. The average Bonchev–Trinajstić information content (AvgIpc) is 2.38. The van der Waals surface area contributed by atoms with Crippen molar-refractivity contribution in [2.45, 2.75) is 19.5 Å². The molecule has 0 aliphatic carbocycles. The van der Waals surface area contributed by atoms with Gasteiger partial charge in [0, 0.05) is 26.6 Å². The van der Waals surface area contributed by atoms with Gasteiger partial charge in [-0.1, -0.05) is 30.3 Å². The Morgan fingerprint density at radius 2 is 1.95 bits per heavy atom. The zero-order valence-corrected chi connectivity index (χ0v) is 11.5. The molecule has 0 saturated carbocycles. The summed E-state index contributed by atoms with van der Waals surface area (Å²) in [6, 6.07) is 8.57. The van der Waals surface area contributed by atoms with Gasteiger partial charge in [-0.25, -0.2) is 4.79 Å². The highest BCUT2D eigenvalue weighted by molar-refractivity contribution is 5.82. The van der Waals surface area contributed by atoms with Crippen LogP contribution >= 0.6 is 0 Å². The number of nitrogens with one attached hydrogen (secondary N) is 1. The summed E-state index contributed by atoms with van der Waals surface area (Å²) in [5, 5.41) is 20.6. The Balaban J connectivity index is 2.69. The molecule has 0 spiro atoms. The van der Waals surface area contributed by atoms with E-state index in [1.54, 1.807) is 4.90 Å². The lowest BCUT2D eigenvalue weighted by atomic mass is 10.2. The molecule has 1 aromatic rings. The Morgan fingerprint density at radius 1 is 1.30 bits per heavy atom. The van der Waals surface area contributed by atoms with Crippen molar-refractivity contribution in [3.05, 3.63) is 35.9 Å². The molecule has 1 atom stereocenters. The number of carbonyl (C=O) groups is 2. The van der Waals surface area contributed by atoms with Crippen LogP contribution in [0.15, 0.2) is 30.3 Å². The quantitative estimate of drug-likeness (QED) is 0.627. The van der Waals surface area contributed by atoms with Crippen molar-refractivity contribution >= 4 is 11.9 Å². The summed E-state index contributed by atoms with van der Waals surface area (Å²) in [4.78, 5) is 23.9. The first-order valence-electron chi connectivity index (χ1n) is 6.40. The van der Waals surface area contributed by atoms with E-state index in [0.717, 1.165) is 5.56 Å². The van der Waals surface area contributed by atoms with Crippen LogP contribution in [0.25, 0.3) is 0 Å². The highest BCUT2D eigenvalue weighted by Gasteiger charge is 2.21. The van der Waals surface area contributed by atoms with Crippen molar-refractivity contribution in [3.63, 3.8) is 0 Å². The minimum atomic E-state index is -1.09. The van der Waals surface area contributed by atoms with Gasteiger partial charge in [-0.2, -0.15) is 0 Å². The second kappa shape index (κ2) is 8.29. The summed E-state index contributed by atoms with van der Waals surface area (Å²) in [6.07, 6.45) is 0. The van der Waals surface area contributed by atoms with E-state index in [1.807, 2.05) is 30.3 Å². The van der Waals surface area contributed by atoms with E-state index in [-0.39, 0.29) is 19.1 Å². The summed E-state index contributed by atoms with van der Waals surface area (Å²) < 4.78 is 0. The van der Waals surface area contributed by atoms with Gasteiger partial charge in [-0.05, 0) is 5.56 Å². The smallest absolute Gasteiger partial charge is 0.327 e. The number of hydrogen-bond acceptors (Lipinski definition) is 4. The monoisotopic (exact) mass is 280 g/mol. The molecule has 0 bridgehead atoms. The zero-order chi connectivity index (χ0) is 15.0. The first-order chi connectivity index (χ1) is 9.52. The van der Waals surface area contributed by atoms with Crippen LogP contribution in [0.1, 0.15) is 12.5 Å². The van der Waals surface area contributed by atoms with E-state index >= 15 is 0 Å². The fourth-order valence-corrected chi connectivity index (χ4v) is 1.91. The maximum absolute atomic E-state index is 11.1. The lowest BCUT2D eigenvalue weighted by Crippen LogP contribution is -2.48. The zero-order valence-electron chi connectivity index (χ0n) is 11.5. The van der Waals surface area contributed by atoms with Gasteiger partial charge in [-0.15, -0.1) is 0 Å². The van der Waals surface area contributed by atoms with Gasteiger partial charge in [0.25, 0.3) is 0 Å².